The van der Waals surface area contributed by atoms with Crippen molar-refractivity contribution < 1.29 is 38.0 Å². The summed E-state index contributed by atoms with van der Waals surface area (Å²) in [5.74, 6) is -0.498. The summed E-state index contributed by atoms with van der Waals surface area (Å²) in [4.78, 5) is 23.8. The first-order valence-electron chi connectivity index (χ1n) is 13.8. The molecule has 9 heteroatoms. The third-order valence-electron chi connectivity index (χ3n) is 6.14. The van der Waals surface area contributed by atoms with Crippen LogP contribution in [0.25, 0.3) is 0 Å². The summed E-state index contributed by atoms with van der Waals surface area (Å²) in [6.07, 6.45) is 15.3. The molecule has 3 atom stereocenters. The zero-order valence-electron chi connectivity index (χ0n) is 22.9. The number of hydrogen-bond donors (Lipinski definition) is 2. The third kappa shape index (κ3) is 22.6. The third-order valence-corrected chi connectivity index (χ3v) is 7.10. The fourth-order valence-corrected chi connectivity index (χ4v) is 4.47. The van der Waals surface area contributed by atoms with E-state index in [2.05, 4.69) is 11.4 Å². The largest absolute Gasteiger partial charge is 0.756 e. The number of likely N-dealkylation sites (N-methyl/N-ethyl adjacent to an activating group) is 1. The minimum Gasteiger partial charge on any atom is -0.756 e. The minimum atomic E-state index is -4.60. The molecule has 0 aromatic carbocycles. The number of unbranched alkanes of at least 4 members (excludes halogenated alkanes) is 14. The van der Waals surface area contributed by atoms with Gasteiger partial charge in [0.2, 0.25) is 0 Å². The number of carbonyl (C=O) groups excluding carboxylic acids is 1. The first kappa shape index (κ1) is 34.7. The minimum absolute atomic E-state index is 0.0545. The summed E-state index contributed by atoms with van der Waals surface area (Å²) in [5, 5.41) is 19.9. The Morgan fingerprint density at radius 3 is 1.66 bits per heavy atom. The van der Waals surface area contributed by atoms with E-state index in [9.17, 15) is 24.5 Å². The van der Waals surface area contributed by atoms with E-state index in [-0.39, 0.29) is 13.0 Å². The Morgan fingerprint density at radius 2 is 1.23 bits per heavy atom. The van der Waals surface area contributed by atoms with Crippen LogP contribution in [0.5, 0.6) is 0 Å². The Kier molecular flexibility index (Phi) is 20.5. The molecule has 0 fully saturated rings. The van der Waals surface area contributed by atoms with E-state index in [0.29, 0.717) is 17.4 Å². The molecular formula is C26H54NO7P. The van der Waals surface area contributed by atoms with Crippen LogP contribution in [0.2, 0.25) is 0 Å². The van der Waals surface area contributed by atoms with Crippen molar-refractivity contribution >= 4 is 13.6 Å². The average Bonchev–Trinajstić information content (AvgIpc) is 2.78. The van der Waals surface area contributed by atoms with Crippen LogP contribution in [0, 0.1) is 0 Å². The fraction of sp³-hybridized carbons (Fsp3) is 0.962. The molecule has 8 nitrogen and oxygen atoms in total. The van der Waals surface area contributed by atoms with E-state index in [1.54, 1.807) is 0 Å². The Hall–Kier alpha value is -0.340. The number of rotatable bonds is 25. The maximum Gasteiger partial charge on any atom is 0.268 e. The molecule has 0 saturated heterocycles. The summed E-state index contributed by atoms with van der Waals surface area (Å²) in [6, 6.07) is 0. The van der Waals surface area contributed by atoms with Crippen LogP contribution in [0.1, 0.15) is 110 Å². The molecule has 2 N–H and O–H groups in total. The Labute approximate surface area is 214 Å². The molecule has 2 unspecified atom stereocenters. The van der Waals surface area contributed by atoms with Crippen LogP contribution < -0.4 is 4.89 Å². The van der Waals surface area contributed by atoms with E-state index in [1.807, 2.05) is 21.1 Å². The predicted octanol–water partition coefficient (Wildman–Crippen LogP) is 4.75. The Balaban J connectivity index is 3.71. The predicted molar refractivity (Wildman–Crippen MR) is 139 cm³/mol. The second-order valence-electron chi connectivity index (χ2n) is 10.8. The number of quaternary nitrogens is 1. The van der Waals surface area contributed by atoms with Gasteiger partial charge in [0, 0.05) is 6.42 Å². The number of aliphatic hydroxyl groups excluding tert-OH is 2. The quantitative estimate of drug-likeness (QED) is 0.101. The molecule has 210 valence electrons. The van der Waals surface area contributed by atoms with Crippen molar-refractivity contribution in [3.05, 3.63) is 0 Å². The van der Waals surface area contributed by atoms with E-state index >= 15 is 0 Å². The second-order valence-corrected chi connectivity index (χ2v) is 12.2. The van der Waals surface area contributed by atoms with Crippen molar-refractivity contribution in [2.24, 2.45) is 0 Å². The zero-order valence-corrected chi connectivity index (χ0v) is 23.8. The van der Waals surface area contributed by atoms with Gasteiger partial charge in [-0.15, -0.1) is 0 Å². The van der Waals surface area contributed by atoms with Crippen LogP contribution in [0.3, 0.4) is 0 Å². The van der Waals surface area contributed by atoms with Crippen LogP contribution >= 0.6 is 7.82 Å². The number of phosphoric acid groups is 1. The number of aliphatic hydroxyl groups is 2. The van der Waals surface area contributed by atoms with Crippen LogP contribution in [-0.4, -0.2) is 73.6 Å². The molecule has 0 aromatic heterocycles. The lowest BCUT2D eigenvalue weighted by Gasteiger charge is -2.28. The first-order valence-corrected chi connectivity index (χ1v) is 15.2. The van der Waals surface area contributed by atoms with Crippen molar-refractivity contribution in [3.63, 3.8) is 0 Å². The molecule has 0 aliphatic carbocycles. The monoisotopic (exact) mass is 523 g/mol. The Morgan fingerprint density at radius 1 is 0.800 bits per heavy atom. The van der Waals surface area contributed by atoms with Gasteiger partial charge in [-0.1, -0.05) is 96.8 Å². The molecule has 35 heavy (non-hydrogen) atoms. The van der Waals surface area contributed by atoms with Gasteiger partial charge in [0.25, 0.3) is 7.82 Å². The van der Waals surface area contributed by atoms with Crippen LogP contribution in [0.15, 0.2) is 0 Å². The van der Waals surface area contributed by atoms with E-state index in [1.165, 1.54) is 70.6 Å². The molecule has 0 aliphatic heterocycles. The molecule has 0 amide bonds. The lowest BCUT2D eigenvalue weighted by Crippen LogP contribution is -2.38. The Bertz CT molecular complexity index is 568. The number of hydrogen-bond acceptors (Lipinski definition) is 7. The number of nitrogens with zero attached hydrogens (tertiary/aromatic N) is 1. The second kappa shape index (κ2) is 20.7. The normalized spacial score (nSPS) is 15.6. The lowest BCUT2D eigenvalue weighted by atomic mass is 10.0. The summed E-state index contributed by atoms with van der Waals surface area (Å²) < 4.78 is 21.6. The molecule has 0 bridgehead atoms. The molecule has 0 spiro atoms. The standard InChI is InChI=1S/C26H54NO7P/c1-5-6-7-8-9-10-11-12-13-14-15-16-17-18-19-20-24(28)26(30)25(29)23-34-35(31,32)33-22-21-27(2,3)4/h25-26,29-30H,5-23H2,1-4H3/t25-,26?/m0/s1. The SMILES string of the molecule is CCCCCCCCCCCCCCCCCC(=O)C(O)[C@@H](O)COP(=O)([O-])OCC[N+](C)(C)C. The van der Waals surface area contributed by atoms with Crippen molar-refractivity contribution in [2.75, 3.05) is 40.9 Å². The zero-order chi connectivity index (χ0) is 26.6. The van der Waals surface area contributed by atoms with E-state index < -0.39 is 32.4 Å². The van der Waals surface area contributed by atoms with Crippen molar-refractivity contribution in [3.8, 4) is 0 Å². The highest BCUT2D eigenvalue weighted by Gasteiger charge is 2.25. The summed E-state index contributed by atoms with van der Waals surface area (Å²) >= 11 is 0. The van der Waals surface area contributed by atoms with Gasteiger partial charge in [0.1, 0.15) is 25.4 Å². The van der Waals surface area contributed by atoms with Crippen molar-refractivity contribution in [2.45, 2.75) is 122 Å². The number of carbonyl (C=O) groups is 1. The maximum atomic E-state index is 12.1. The van der Waals surface area contributed by atoms with Crippen molar-refractivity contribution in [1.82, 2.24) is 0 Å². The highest BCUT2D eigenvalue weighted by molar-refractivity contribution is 7.45. The molecule has 0 radical (unpaired) electrons. The van der Waals surface area contributed by atoms with E-state index in [0.717, 1.165) is 19.3 Å². The average molecular weight is 524 g/mol. The van der Waals surface area contributed by atoms with Crippen molar-refractivity contribution in [1.29, 1.82) is 0 Å². The molecule has 0 aliphatic rings. The van der Waals surface area contributed by atoms with Gasteiger partial charge in [-0.2, -0.15) is 0 Å². The molecular weight excluding hydrogens is 469 g/mol. The van der Waals surface area contributed by atoms with Crippen LogP contribution in [0.4, 0.5) is 0 Å². The summed E-state index contributed by atoms with van der Waals surface area (Å²) in [7, 11) is 1.08. The summed E-state index contributed by atoms with van der Waals surface area (Å²) in [5.41, 5.74) is 0. The van der Waals surface area contributed by atoms with Gasteiger partial charge in [0.05, 0.1) is 27.7 Å². The van der Waals surface area contributed by atoms with Crippen LogP contribution in [-0.2, 0) is 18.4 Å². The number of ketones is 1. The molecule has 0 saturated carbocycles. The smallest absolute Gasteiger partial charge is 0.268 e. The van der Waals surface area contributed by atoms with Gasteiger partial charge in [-0.25, -0.2) is 0 Å². The highest BCUT2D eigenvalue weighted by Crippen LogP contribution is 2.38. The number of Topliss-reactive ketones (excluding diaryl/α,β-unsaturated/α-hetero) is 1. The van der Waals surface area contributed by atoms with Gasteiger partial charge in [-0.05, 0) is 6.42 Å². The molecule has 0 heterocycles. The van der Waals surface area contributed by atoms with Gasteiger partial charge in [-0.3, -0.25) is 9.36 Å². The fourth-order valence-electron chi connectivity index (χ4n) is 3.76. The topological polar surface area (TPSA) is 116 Å². The highest BCUT2D eigenvalue weighted by atomic mass is 31.2. The van der Waals surface area contributed by atoms with Gasteiger partial charge < -0.3 is 28.6 Å². The molecule has 0 aromatic rings. The first-order chi connectivity index (χ1) is 16.5. The lowest BCUT2D eigenvalue weighted by molar-refractivity contribution is -0.870. The van der Waals surface area contributed by atoms with E-state index in [4.69, 9.17) is 4.52 Å². The van der Waals surface area contributed by atoms with Gasteiger partial charge >= 0.3 is 0 Å². The maximum absolute atomic E-state index is 12.1. The molecule has 0 rings (SSSR count). The number of phosphoric ester groups is 1. The van der Waals surface area contributed by atoms with Gasteiger partial charge in [0.15, 0.2) is 5.78 Å². The summed E-state index contributed by atoms with van der Waals surface area (Å²) in [6.45, 7) is 1.94.